The van der Waals surface area contributed by atoms with Gasteiger partial charge in [0, 0.05) is 0 Å². The lowest BCUT2D eigenvalue weighted by Gasteiger charge is -2.27. The molecule has 0 bridgehead atoms. The van der Waals surface area contributed by atoms with E-state index in [9.17, 15) is 4.91 Å². The molecule has 4 heteroatoms. The van der Waals surface area contributed by atoms with Crippen molar-refractivity contribution in [2.45, 2.75) is 59.8 Å². The summed E-state index contributed by atoms with van der Waals surface area (Å²) < 4.78 is 0. The minimum atomic E-state index is -0.406. The van der Waals surface area contributed by atoms with Crippen LogP contribution in [0, 0.1) is 22.7 Å². The molecular weight excluding hydrogens is 202 g/mol. The maximum atomic E-state index is 10.3. The number of nitroso groups, excluding NO2 is 1. The molecule has 5 atom stereocenters. The minimum Gasteiger partial charge on any atom is -0.316 e. The van der Waals surface area contributed by atoms with Gasteiger partial charge < -0.3 is 5.73 Å². The number of nitrogens with zero attached hydrogens (tertiary/aromatic N) is 1. The van der Waals surface area contributed by atoms with Crippen molar-refractivity contribution < 1.29 is 0 Å². The van der Waals surface area contributed by atoms with Crippen LogP contribution in [0.3, 0.4) is 0 Å². The Balaban J connectivity index is 4.03. The van der Waals surface area contributed by atoms with Crippen LogP contribution in [0.4, 0.5) is 0 Å². The Hall–Kier alpha value is -0.480. The summed E-state index contributed by atoms with van der Waals surface area (Å²) in [5, 5.41) is 5.89. The summed E-state index contributed by atoms with van der Waals surface area (Å²) in [6.07, 6.45) is 1.72. The van der Waals surface area contributed by atoms with Gasteiger partial charge in [-0.25, -0.2) is 0 Å². The van der Waals surface area contributed by atoms with E-state index in [1.165, 1.54) is 6.42 Å². The summed E-state index contributed by atoms with van der Waals surface area (Å²) >= 11 is 0. The standard InChI is InChI=1S/C12H27N3O/c1-6-8(2)9(3)7-10(4)12(13)14-11(5)15-16/h8-12,14H,6-7,13H2,1-5H3. The van der Waals surface area contributed by atoms with E-state index in [1.807, 2.05) is 0 Å². The van der Waals surface area contributed by atoms with E-state index in [-0.39, 0.29) is 6.17 Å². The van der Waals surface area contributed by atoms with Gasteiger partial charge in [0.25, 0.3) is 0 Å². The zero-order valence-electron chi connectivity index (χ0n) is 11.2. The number of nitrogens with two attached hydrogens (primary N) is 1. The van der Waals surface area contributed by atoms with Crippen LogP contribution in [0.2, 0.25) is 0 Å². The smallest absolute Gasteiger partial charge is 0.140 e. The predicted octanol–water partition coefficient (Wildman–Crippen LogP) is 2.68. The highest BCUT2D eigenvalue weighted by Crippen LogP contribution is 2.23. The molecule has 4 nitrogen and oxygen atoms in total. The summed E-state index contributed by atoms with van der Waals surface area (Å²) in [5.74, 6) is 1.73. The van der Waals surface area contributed by atoms with Gasteiger partial charge in [0.1, 0.15) is 6.17 Å². The Morgan fingerprint density at radius 3 is 2.12 bits per heavy atom. The van der Waals surface area contributed by atoms with Crippen LogP contribution in [0.25, 0.3) is 0 Å². The first-order chi connectivity index (χ1) is 7.42. The largest absolute Gasteiger partial charge is 0.316 e. The van der Waals surface area contributed by atoms with Crippen LogP contribution >= 0.6 is 0 Å². The average Bonchev–Trinajstić information content (AvgIpc) is 2.27. The van der Waals surface area contributed by atoms with E-state index in [0.29, 0.717) is 11.8 Å². The molecule has 96 valence electrons. The molecule has 0 heterocycles. The second kappa shape index (κ2) is 7.74. The van der Waals surface area contributed by atoms with Crippen LogP contribution < -0.4 is 11.1 Å². The molecule has 0 rings (SSSR count). The van der Waals surface area contributed by atoms with Crippen LogP contribution in [0.15, 0.2) is 5.18 Å². The summed E-state index contributed by atoms with van der Waals surface area (Å²) in [6, 6.07) is 0. The van der Waals surface area contributed by atoms with Gasteiger partial charge in [-0.1, -0.05) is 39.3 Å². The van der Waals surface area contributed by atoms with E-state index in [2.05, 4.69) is 38.2 Å². The van der Waals surface area contributed by atoms with Crippen molar-refractivity contribution in [1.82, 2.24) is 5.32 Å². The predicted molar refractivity (Wildman–Crippen MR) is 68.8 cm³/mol. The highest BCUT2D eigenvalue weighted by Gasteiger charge is 2.20. The van der Waals surface area contributed by atoms with Gasteiger partial charge in [0.15, 0.2) is 0 Å². The molecule has 0 amide bonds. The van der Waals surface area contributed by atoms with Crippen molar-refractivity contribution in [3.63, 3.8) is 0 Å². The summed E-state index contributed by atoms with van der Waals surface area (Å²) in [5.41, 5.74) is 5.97. The molecule has 16 heavy (non-hydrogen) atoms. The van der Waals surface area contributed by atoms with Gasteiger partial charge in [-0.3, -0.25) is 5.32 Å². The third kappa shape index (κ3) is 5.56. The maximum Gasteiger partial charge on any atom is 0.140 e. The lowest BCUT2D eigenvalue weighted by Crippen LogP contribution is -2.46. The SMILES string of the molecule is CCC(C)C(C)CC(C)C(N)NC(C)N=O. The van der Waals surface area contributed by atoms with Crippen molar-refractivity contribution in [2.75, 3.05) is 0 Å². The Morgan fingerprint density at radius 1 is 1.12 bits per heavy atom. The molecule has 3 N–H and O–H groups in total. The van der Waals surface area contributed by atoms with E-state index < -0.39 is 6.17 Å². The normalized spacial score (nSPS) is 20.9. The van der Waals surface area contributed by atoms with Gasteiger partial charge in [-0.2, -0.15) is 0 Å². The molecule has 0 saturated heterocycles. The third-order valence-corrected chi connectivity index (χ3v) is 3.56. The van der Waals surface area contributed by atoms with Gasteiger partial charge in [-0.05, 0) is 31.1 Å². The van der Waals surface area contributed by atoms with Crippen molar-refractivity contribution in [3.8, 4) is 0 Å². The van der Waals surface area contributed by atoms with Crippen LogP contribution in [-0.2, 0) is 0 Å². The Bertz CT molecular complexity index is 199. The van der Waals surface area contributed by atoms with Gasteiger partial charge in [0.05, 0.1) is 6.17 Å². The molecule has 0 aliphatic heterocycles. The highest BCUT2D eigenvalue weighted by molar-refractivity contribution is 4.73. The summed E-state index contributed by atoms with van der Waals surface area (Å²) in [6.45, 7) is 10.6. The fourth-order valence-corrected chi connectivity index (χ4v) is 1.84. The first kappa shape index (κ1) is 15.5. The molecule has 0 aromatic rings. The van der Waals surface area contributed by atoms with Gasteiger partial charge in [0.2, 0.25) is 0 Å². The summed E-state index contributed by atoms with van der Waals surface area (Å²) in [4.78, 5) is 10.3. The lowest BCUT2D eigenvalue weighted by atomic mass is 9.85. The maximum absolute atomic E-state index is 10.3. The monoisotopic (exact) mass is 229 g/mol. The lowest BCUT2D eigenvalue weighted by molar-refractivity contribution is 0.256. The van der Waals surface area contributed by atoms with E-state index >= 15 is 0 Å². The zero-order chi connectivity index (χ0) is 12.7. The molecule has 0 aliphatic carbocycles. The van der Waals surface area contributed by atoms with Crippen LogP contribution in [-0.4, -0.2) is 12.3 Å². The first-order valence-electron chi connectivity index (χ1n) is 6.26. The molecule has 0 aromatic heterocycles. The molecule has 0 spiro atoms. The van der Waals surface area contributed by atoms with Crippen molar-refractivity contribution in [1.29, 1.82) is 0 Å². The summed E-state index contributed by atoms with van der Waals surface area (Å²) in [7, 11) is 0. The van der Waals surface area contributed by atoms with Crippen LogP contribution in [0.1, 0.15) is 47.5 Å². The fraction of sp³-hybridized carbons (Fsp3) is 1.00. The van der Waals surface area contributed by atoms with E-state index in [4.69, 9.17) is 5.73 Å². The number of rotatable bonds is 8. The van der Waals surface area contributed by atoms with Gasteiger partial charge >= 0.3 is 0 Å². The molecular formula is C12H27N3O. The fourth-order valence-electron chi connectivity index (χ4n) is 1.84. The molecule has 0 aromatic carbocycles. The Morgan fingerprint density at radius 2 is 1.69 bits per heavy atom. The quantitative estimate of drug-likeness (QED) is 0.496. The van der Waals surface area contributed by atoms with Crippen molar-refractivity contribution in [2.24, 2.45) is 28.7 Å². The van der Waals surface area contributed by atoms with Gasteiger partial charge in [-0.15, -0.1) is 4.91 Å². The van der Waals surface area contributed by atoms with E-state index in [0.717, 1.165) is 12.3 Å². The number of hydrogen-bond acceptors (Lipinski definition) is 4. The first-order valence-corrected chi connectivity index (χ1v) is 6.26. The number of hydrogen-bond donors (Lipinski definition) is 2. The highest BCUT2D eigenvalue weighted by atomic mass is 16.3. The van der Waals surface area contributed by atoms with E-state index in [1.54, 1.807) is 6.92 Å². The molecule has 0 saturated carbocycles. The van der Waals surface area contributed by atoms with Crippen LogP contribution in [0.5, 0.6) is 0 Å². The minimum absolute atomic E-state index is 0.154. The van der Waals surface area contributed by atoms with Crippen molar-refractivity contribution >= 4 is 0 Å². The average molecular weight is 229 g/mol. The third-order valence-electron chi connectivity index (χ3n) is 3.56. The van der Waals surface area contributed by atoms with Crippen molar-refractivity contribution in [3.05, 3.63) is 4.91 Å². The molecule has 0 aliphatic rings. The molecule has 0 fully saturated rings. The Kier molecular flexibility index (Phi) is 7.51. The molecule has 5 unspecified atom stereocenters. The second-order valence-corrected chi connectivity index (χ2v) is 5.05. The topological polar surface area (TPSA) is 67.5 Å². The molecule has 0 radical (unpaired) electrons. The number of nitrogens with one attached hydrogen (secondary N) is 1. The second-order valence-electron chi connectivity index (χ2n) is 5.05. The zero-order valence-corrected chi connectivity index (χ0v) is 11.2. The Labute approximate surface area is 99.3 Å².